The number of nitrogens with two attached hydrogens (primary N) is 1. The monoisotopic (exact) mass is 277 g/mol. The van der Waals surface area contributed by atoms with Crippen molar-refractivity contribution in [2.45, 2.75) is 32.7 Å². The molecule has 0 fully saturated rings. The van der Waals surface area contributed by atoms with Gasteiger partial charge in [-0.1, -0.05) is 0 Å². The number of nitrogen functional groups attached to an aromatic ring is 1. The van der Waals surface area contributed by atoms with E-state index in [0.717, 1.165) is 12.1 Å². The van der Waals surface area contributed by atoms with Crippen LogP contribution in [0.5, 0.6) is 5.75 Å². The Morgan fingerprint density at radius 2 is 1.79 bits per heavy atom. The zero-order valence-electron chi connectivity index (χ0n) is 10.7. The molecule has 2 N–H and O–H groups in total. The Kier molecular flexibility index (Phi) is 3.97. The number of rotatable bonds is 2. The normalized spacial score (nSPS) is 12.1. The molecule has 19 heavy (non-hydrogen) atoms. The van der Waals surface area contributed by atoms with E-state index >= 15 is 0 Å². The summed E-state index contributed by atoms with van der Waals surface area (Å²) in [7, 11) is 0. The van der Waals surface area contributed by atoms with E-state index in [0.29, 0.717) is 0 Å². The summed E-state index contributed by atoms with van der Waals surface area (Å²) in [5.41, 5.74) is 4.26. The van der Waals surface area contributed by atoms with Gasteiger partial charge in [-0.15, -0.1) is 13.2 Å². The first kappa shape index (κ1) is 15.1. The van der Waals surface area contributed by atoms with E-state index in [1.165, 1.54) is 6.07 Å². The molecular weight excluding hydrogens is 263 g/mol. The summed E-state index contributed by atoms with van der Waals surface area (Å²) in [5, 5.41) is 0. The fourth-order valence-corrected chi connectivity index (χ4v) is 1.25. The Balaban J connectivity index is 3.10. The van der Waals surface area contributed by atoms with E-state index < -0.39 is 23.7 Å². The van der Waals surface area contributed by atoms with Gasteiger partial charge in [0.15, 0.2) is 0 Å². The SMILES string of the molecule is CC(C)(C)OC(=O)c1ccc(N)cc1OC(F)(F)F. The minimum Gasteiger partial charge on any atom is -0.456 e. The molecule has 0 atom stereocenters. The van der Waals surface area contributed by atoms with Gasteiger partial charge in [-0.3, -0.25) is 0 Å². The van der Waals surface area contributed by atoms with Crippen LogP contribution >= 0.6 is 0 Å². The highest BCUT2D eigenvalue weighted by atomic mass is 19.4. The highest BCUT2D eigenvalue weighted by Crippen LogP contribution is 2.29. The van der Waals surface area contributed by atoms with E-state index in [4.69, 9.17) is 10.5 Å². The number of benzene rings is 1. The molecule has 0 saturated carbocycles. The second-order valence-electron chi connectivity index (χ2n) is 4.81. The van der Waals surface area contributed by atoms with Crippen LogP contribution in [0.4, 0.5) is 18.9 Å². The van der Waals surface area contributed by atoms with Gasteiger partial charge >= 0.3 is 12.3 Å². The van der Waals surface area contributed by atoms with Crippen LogP contribution in [0.3, 0.4) is 0 Å². The Bertz CT molecular complexity index is 478. The number of hydrogen-bond donors (Lipinski definition) is 1. The van der Waals surface area contributed by atoms with Gasteiger partial charge < -0.3 is 15.2 Å². The lowest BCUT2D eigenvalue weighted by Gasteiger charge is -2.20. The molecule has 106 valence electrons. The molecular formula is C12H14F3NO3. The van der Waals surface area contributed by atoms with Crippen molar-refractivity contribution >= 4 is 11.7 Å². The second kappa shape index (κ2) is 4.99. The van der Waals surface area contributed by atoms with Gasteiger partial charge in [0.1, 0.15) is 16.9 Å². The van der Waals surface area contributed by atoms with Gasteiger partial charge in [-0.2, -0.15) is 0 Å². The fourth-order valence-electron chi connectivity index (χ4n) is 1.25. The molecule has 0 radical (unpaired) electrons. The molecule has 4 nitrogen and oxygen atoms in total. The lowest BCUT2D eigenvalue weighted by atomic mass is 10.1. The average molecular weight is 277 g/mol. The average Bonchev–Trinajstić information content (AvgIpc) is 2.11. The third kappa shape index (κ3) is 5.07. The van der Waals surface area contributed by atoms with E-state index in [9.17, 15) is 18.0 Å². The molecule has 0 unspecified atom stereocenters. The molecule has 0 bridgehead atoms. The largest absolute Gasteiger partial charge is 0.573 e. The van der Waals surface area contributed by atoms with Gasteiger partial charge in [-0.05, 0) is 32.9 Å². The molecule has 0 aliphatic carbocycles. The predicted molar refractivity (Wildman–Crippen MR) is 62.7 cm³/mol. The second-order valence-corrected chi connectivity index (χ2v) is 4.81. The maximum absolute atomic E-state index is 12.2. The van der Waals surface area contributed by atoms with Gasteiger partial charge in [-0.25, -0.2) is 4.79 Å². The van der Waals surface area contributed by atoms with E-state index in [1.54, 1.807) is 20.8 Å². The number of carbonyl (C=O) groups excluding carboxylic acids is 1. The first-order valence-electron chi connectivity index (χ1n) is 5.36. The highest BCUT2D eigenvalue weighted by Gasteiger charge is 2.33. The predicted octanol–water partition coefficient (Wildman–Crippen LogP) is 3.12. The van der Waals surface area contributed by atoms with Gasteiger partial charge in [0.25, 0.3) is 0 Å². The van der Waals surface area contributed by atoms with E-state index in [-0.39, 0.29) is 11.3 Å². The number of alkyl halides is 3. The summed E-state index contributed by atoms with van der Waals surface area (Å²) in [6.07, 6.45) is -4.91. The summed E-state index contributed by atoms with van der Waals surface area (Å²) in [6.45, 7) is 4.81. The molecule has 0 heterocycles. The van der Waals surface area contributed by atoms with Crippen LogP contribution in [0.1, 0.15) is 31.1 Å². The number of ether oxygens (including phenoxy) is 2. The smallest absolute Gasteiger partial charge is 0.456 e. The number of esters is 1. The quantitative estimate of drug-likeness (QED) is 0.666. The minimum absolute atomic E-state index is 0.0477. The minimum atomic E-state index is -4.91. The standard InChI is InChI=1S/C12H14F3NO3/c1-11(2,3)19-10(17)8-5-4-7(16)6-9(8)18-12(13,14)15/h4-6H,16H2,1-3H3. The van der Waals surface area contributed by atoms with Crippen LogP contribution in [0.25, 0.3) is 0 Å². The maximum atomic E-state index is 12.2. The van der Waals surface area contributed by atoms with E-state index in [2.05, 4.69) is 4.74 Å². The first-order chi connectivity index (χ1) is 8.48. The number of anilines is 1. The molecule has 0 aliphatic heterocycles. The topological polar surface area (TPSA) is 61.5 Å². The molecule has 0 aromatic heterocycles. The van der Waals surface area contributed by atoms with Crippen LogP contribution in [-0.2, 0) is 4.74 Å². The maximum Gasteiger partial charge on any atom is 0.573 e. The molecule has 7 heteroatoms. The van der Waals surface area contributed by atoms with Crippen LogP contribution in [0.15, 0.2) is 18.2 Å². The van der Waals surface area contributed by atoms with Crippen molar-refractivity contribution in [1.29, 1.82) is 0 Å². The Labute approximate surface area is 108 Å². The van der Waals surface area contributed by atoms with Gasteiger partial charge in [0, 0.05) is 11.8 Å². The van der Waals surface area contributed by atoms with Crippen LogP contribution < -0.4 is 10.5 Å². The zero-order chi connectivity index (χ0) is 14.8. The van der Waals surface area contributed by atoms with Crippen molar-refractivity contribution in [3.05, 3.63) is 23.8 Å². The first-order valence-corrected chi connectivity index (χ1v) is 5.36. The van der Waals surface area contributed by atoms with Gasteiger partial charge in [0.2, 0.25) is 0 Å². The number of carbonyl (C=O) groups is 1. The Morgan fingerprint density at radius 3 is 2.26 bits per heavy atom. The summed E-state index contributed by atoms with van der Waals surface area (Å²) >= 11 is 0. The van der Waals surface area contributed by atoms with E-state index in [1.807, 2.05) is 0 Å². The molecule has 1 rings (SSSR count). The van der Waals surface area contributed by atoms with Crippen molar-refractivity contribution in [1.82, 2.24) is 0 Å². The molecule has 0 saturated heterocycles. The van der Waals surface area contributed by atoms with Crippen molar-refractivity contribution in [2.24, 2.45) is 0 Å². The number of halogens is 3. The third-order valence-corrected chi connectivity index (χ3v) is 1.85. The molecule has 0 amide bonds. The van der Waals surface area contributed by atoms with Crippen molar-refractivity contribution in [3.63, 3.8) is 0 Å². The summed E-state index contributed by atoms with van der Waals surface area (Å²) in [6, 6.07) is 3.35. The lowest BCUT2D eigenvalue weighted by Crippen LogP contribution is -2.25. The highest BCUT2D eigenvalue weighted by molar-refractivity contribution is 5.93. The summed E-state index contributed by atoms with van der Waals surface area (Å²) in [5.74, 6) is -1.59. The van der Waals surface area contributed by atoms with Crippen molar-refractivity contribution in [3.8, 4) is 5.75 Å². The summed E-state index contributed by atoms with van der Waals surface area (Å²) in [4.78, 5) is 11.8. The van der Waals surface area contributed by atoms with Crippen LogP contribution in [-0.4, -0.2) is 17.9 Å². The summed E-state index contributed by atoms with van der Waals surface area (Å²) < 4.78 is 45.5. The lowest BCUT2D eigenvalue weighted by molar-refractivity contribution is -0.274. The van der Waals surface area contributed by atoms with Gasteiger partial charge in [0.05, 0.1) is 0 Å². The third-order valence-electron chi connectivity index (χ3n) is 1.85. The number of hydrogen-bond acceptors (Lipinski definition) is 4. The molecule has 0 spiro atoms. The van der Waals surface area contributed by atoms with Crippen molar-refractivity contribution in [2.75, 3.05) is 5.73 Å². The zero-order valence-corrected chi connectivity index (χ0v) is 10.7. The molecule has 0 aliphatic rings. The van der Waals surface area contributed by atoms with Crippen molar-refractivity contribution < 1.29 is 27.4 Å². The molecule has 1 aromatic rings. The Hall–Kier alpha value is -1.92. The van der Waals surface area contributed by atoms with Crippen LogP contribution in [0, 0.1) is 0 Å². The fraction of sp³-hybridized carbons (Fsp3) is 0.417. The Morgan fingerprint density at radius 1 is 1.21 bits per heavy atom. The molecule has 1 aromatic carbocycles. The van der Waals surface area contributed by atoms with Crippen LogP contribution in [0.2, 0.25) is 0 Å².